The quantitative estimate of drug-likeness (QED) is 0.687. The number of benzene rings is 2. The molecule has 0 aromatic heterocycles. The maximum absolute atomic E-state index is 12.2. The van der Waals surface area contributed by atoms with Crippen molar-refractivity contribution in [2.75, 3.05) is 28.3 Å². The van der Waals surface area contributed by atoms with Crippen LogP contribution in [0.2, 0.25) is 0 Å². The van der Waals surface area contributed by atoms with E-state index in [2.05, 4.69) is 0 Å². The number of carbonyl (C=O) groups excluding carboxylic acids is 1. The van der Waals surface area contributed by atoms with Crippen LogP contribution in [0.4, 0.5) is 0 Å². The third-order valence-electron chi connectivity index (χ3n) is 3.69. The van der Waals surface area contributed by atoms with Crippen LogP contribution < -0.4 is 9.47 Å². The van der Waals surface area contributed by atoms with Gasteiger partial charge in [0.15, 0.2) is 11.5 Å². The first-order valence-electron chi connectivity index (χ1n) is 7.70. The Morgan fingerprint density at radius 2 is 1.58 bits per heavy atom. The molecule has 0 spiro atoms. The van der Waals surface area contributed by atoms with E-state index in [1.165, 1.54) is 52.6 Å². The van der Waals surface area contributed by atoms with Crippen molar-refractivity contribution in [3.8, 4) is 11.5 Å². The molecule has 0 unspecified atom stereocenters. The number of carbonyl (C=O) groups is 1. The minimum atomic E-state index is -3.53. The van der Waals surface area contributed by atoms with Gasteiger partial charge in [-0.05, 0) is 42.0 Å². The van der Waals surface area contributed by atoms with Gasteiger partial charge in [0.25, 0.3) is 0 Å². The minimum Gasteiger partial charge on any atom is -0.493 e. The van der Waals surface area contributed by atoms with Gasteiger partial charge in [-0.25, -0.2) is 17.5 Å². The van der Waals surface area contributed by atoms with Crippen molar-refractivity contribution in [2.45, 2.75) is 11.5 Å². The monoisotopic (exact) mass is 379 g/mol. The molecule has 0 saturated heterocycles. The highest BCUT2D eigenvalue weighted by Crippen LogP contribution is 2.27. The van der Waals surface area contributed by atoms with Crippen LogP contribution in [0.3, 0.4) is 0 Å². The number of hydrogen-bond donors (Lipinski definition) is 0. The van der Waals surface area contributed by atoms with Gasteiger partial charge in [-0.2, -0.15) is 0 Å². The van der Waals surface area contributed by atoms with Gasteiger partial charge in [-0.15, -0.1) is 0 Å². The third kappa shape index (κ3) is 4.33. The van der Waals surface area contributed by atoms with Crippen LogP contribution in [0.1, 0.15) is 15.9 Å². The van der Waals surface area contributed by atoms with Crippen LogP contribution in [-0.2, 0) is 21.4 Å². The average molecular weight is 379 g/mol. The third-order valence-corrected chi connectivity index (χ3v) is 5.52. The standard InChI is InChI=1S/C18H21NO6S/c1-19(2)26(21,22)15-8-6-14(7-9-15)18(20)25-12-13-5-10-16(23-3)17(11-13)24-4/h5-11H,12H2,1-4H3. The fourth-order valence-electron chi connectivity index (χ4n) is 2.18. The lowest BCUT2D eigenvalue weighted by Gasteiger charge is -2.12. The normalized spacial score (nSPS) is 11.3. The molecule has 0 amide bonds. The number of sulfonamides is 1. The molecule has 2 aromatic carbocycles. The van der Waals surface area contributed by atoms with E-state index in [0.717, 1.165) is 9.87 Å². The highest BCUT2D eigenvalue weighted by Gasteiger charge is 2.18. The molecule has 140 valence electrons. The molecule has 0 aliphatic rings. The molecule has 2 rings (SSSR count). The van der Waals surface area contributed by atoms with Gasteiger partial charge in [0, 0.05) is 14.1 Å². The van der Waals surface area contributed by atoms with Crippen molar-refractivity contribution in [2.24, 2.45) is 0 Å². The van der Waals surface area contributed by atoms with Crippen LogP contribution in [0.5, 0.6) is 11.5 Å². The van der Waals surface area contributed by atoms with Crippen molar-refractivity contribution in [3.63, 3.8) is 0 Å². The fourth-order valence-corrected chi connectivity index (χ4v) is 3.08. The van der Waals surface area contributed by atoms with Crippen molar-refractivity contribution < 1.29 is 27.4 Å². The molecule has 8 heteroatoms. The number of nitrogens with zero attached hydrogens (tertiary/aromatic N) is 1. The van der Waals surface area contributed by atoms with Crippen LogP contribution in [-0.4, -0.2) is 47.0 Å². The molecule has 0 heterocycles. The Morgan fingerprint density at radius 1 is 0.962 bits per heavy atom. The number of rotatable bonds is 7. The lowest BCUT2D eigenvalue weighted by molar-refractivity contribution is 0.0472. The van der Waals surface area contributed by atoms with E-state index < -0.39 is 16.0 Å². The number of methoxy groups -OCH3 is 2. The summed E-state index contributed by atoms with van der Waals surface area (Å²) in [7, 11) is 2.42. The number of hydrogen-bond acceptors (Lipinski definition) is 6. The highest BCUT2D eigenvalue weighted by molar-refractivity contribution is 7.89. The molecule has 0 bridgehead atoms. The molecule has 0 radical (unpaired) electrons. The number of ether oxygens (including phenoxy) is 3. The van der Waals surface area contributed by atoms with Gasteiger partial charge in [-0.1, -0.05) is 6.07 Å². The molecular formula is C18H21NO6S. The topological polar surface area (TPSA) is 82.1 Å². The molecule has 0 saturated carbocycles. The molecule has 0 fully saturated rings. The van der Waals surface area contributed by atoms with E-state index in [4.69, 9.17) is 14.2 Å². The largest absolute Gasteiger partial charge is 0.493 e. The van der Waals surface area contributed by atoms with Gasteiger partial charge >= 0.3 is 5.97 Å². The van der Waals surface area contributed by atoms with Gasteiger partial charge in [-0.3, -0.25) is 0 Å². The Morgan fingerprint density at radius 3 is 2.12 bits per heavy atom. The van der Waals surface area contributed by atoms with Crippen molar-refractivity contribution in [1.82, 2.24) is 4.31 Å². The predicted molar refractivity (Wildman–Crippen MR) is 96.0 cm³/mol. The van der Waals surface area contributed by atoms with E-state index in [-0.39, 0.29) is 17.1 Å². The lowest BCUT2D eigenvalue weighted by atomic mass is 10.2. The zero-order valence-corrected chi connectivity index (χ0v) is 15.9. The van der Waals surface area contributed by atoms with Crippen LogP contribution in [0, 0.1) is 0 Å². The first-order chi connectivity index (χ1) is 12.3. The van der Waals surface area contributed by atoms with Crippen LogP contribution in [0.15, 0.2) is 47.4 Å². The summed E-state index contributed by atoms with van der Waals surface area (Å²) in [4.78, 5) is 12.3. The first-order valence-corrected chi connectivity index (χ1v) is 9.14. The molecule has 0 atom stereocenters. The van der Waals surface area contributed by atoms with E-state index >= 15 is 0 Å². The highest BCUT2D eigenvalue weighted by atomic mass is 32.2. The maximum Gasteiger partial charge on any atom is 0.338 e. The van der Waals surface area contributed by atoms with Crippen molar-refractivity contribution in [3.05, 3.63) is 53.6 Å². The minimum absolute atomic E-state index is 0.0525. The summed E-state index contributed by atoms with van der Waals surface area (Å²) in [6.07, 6.45) is 0. The Balaban J connectivity index is 2.07. The second kappa shape index (κ2) is 8.20. The fraction of sp³-hybridized carbons (Fsp3) is 0.278. The second-order valence-electron chi connectivity index (χ2n) is 5.58. The molecular weight excluding hydrogens is 358 g/mol. The summed E-state index contributed by atoms with van der Waals surface area (Å²) in [5.74, 6) is 0.577. The maximum atomic E-state index is 12.2. The molecule has 26 heavy (non-hydrogen) atoms. The average Bonchev–Trinajstić information content (AvgIpc) is 2.65. The van der Waals surface area contributed by atoms with Gasteiger partial charge in [0.1, 0.15) is 6.61 Å². The molecule has 0 aliphatic heterocycles. The summed E-state index contributed by atoms with van der Waals surface area (Å²) in [6, 6.07) is 10.8. The Labute approximate surface area is 153 Å². The molecule has 2 aromatic rings. The predicted octanol–water partition coefficient (Wildman–Crippen LogP) is 2.31. The van der Waals surface area contributed by atoms with Crippen molar-refractivity contribution >= 4 is 16.0 Å². The number of esters is 1. The first kappa shape index (κ1) is 19.7. The Hall–Kier alpha value is -2.58. The van der Waals surface area contributed by atoms with E-state index in [1.54, 1.807) is 18.2 Å². The zero-order chi connectivity index (χ0) is 19.3. The van der Waals surface area contributed by atoms with E-state index in [9.17, 15) is 13.2 Å². The van der Waals surface area contributed by atoms with Gasteiger partial charge < -0.3 is 14.2 Å². The Bertz CT molecular complexity index is 875. The second-order valence-corrected chi connectivity index (χ2v) is 7.73. The van der Waals surface area contributed by atoms with Crippen molar-refractivity contribution in [1.29, 1.82) is 0 Å². The summed E-state index contributed by atoms with van der Waals surface area (Å²) in [5.41, 5.74) is 1.01. The smallest absolute Gasteiger partial charge is 0.338 e. The molecule has 0 aliphatic carbocycles. The molecule has 0 N–H and O–H groups in total. The Kier molecular flexibility index (Phi) is 6.23. The summed E-state index contributed by atoms with van der Waals surface area (Å²) >= 11 is 0. The summed E-state index contributed by atoms with van der Waals surface area (Å²) in [5, 5.41) is 0. The van der Waals surface area contributed by atoms with E-state index in [0.29, 0.717) is 11.5 Å². The van der Waals surface area contributed by atoms with E-state index in [1.807, 2.05) is 0 Å². The summed E-state index contributed by atoms with van der Waals surface area (Å²) < 4.78 is 40.8. The van der Waals surface area contributed by atoms with Crippen LogP contribution >= 0.6 is 0 Å². The molecule has 7 nitrogen and oxygen atoms in total. The van der Waals surface area contributed by atoms with Gasteiger partial charge in [0.05, 0.1) is 24.7 Å². The SMILES string of the molecule is COc1ccc(COC(=O)c2ccc(S(=O)(=O)N(C)C)cc2)cc1OC. The van der Waals surface area contributed by atoms with Gasteiger partial charge in [0.2, 0.25) is 10.0 Å². The lowest BCUT2D eigenvalue weighted by Crippen LogP contribution is -2.22. The zero-order valence-electron chi connectivity index (χ0n) is 15.1. The van der Waals surface area contributed by atoms with Crippen LogP contribution in [0.25, 0.3) is 0 Å². The summed E-state index contributed by atoms with van der Waals surface area (Å²) in [6.45, 7) is 0.0525.